The number of fused-ring (bicyclic) bond motifs is 6. The zero-order valence-corrected chi connectivity index (χ0v) is 18.0. The van der Waals surface area contributed by atoms with Crippen LogP contribution in [0.25, 0.3) is 40.4 Å². The van der Waals surface area contributed by atoms with Crippen molar-refractivity contribution in [2.45, 2.75) is 12.8 Å². The van der Waals surface area contributed by atoms with Crippen LogP contribution in [0.5, 0.6) is 0 Å². The molecule has 7 rings (SSSR count). The first-order valence-corrected chi connectivity index (χ1v) is 12.3. The number of hydrogen-bond acceptors (Lipinski definition) is 3. The molecule has 29 heavy (non-hydrogen) atoms. The van der Waals surface area contributed by atoms with E-state index in [0.29, 0.717) is 0 Å². The molecule has 0 amide bonds. The molecule has 0 N–H and O–H groups in total. The van der Waals surface area contributed by atoms with Crippen LogP contribution in [0.3, 0.4) is 0 Å². The summed E-state index contributed by atoms with van der Waals surface area (Å²) in [7, 11) is 0. The van der Waals surface area contributed by atoms with Crippen LogP contribution < -0.4 is 0 Å². The fourth-order valence-electron chi connectivity index (χ4n) is 4.62. The molecule has 0 saturated heterocycles. The van der Waals surface area contributed by atoms with E-state index in [0.717, 1.165) is 12.8 Å². The van der Waals surface area contributed by atoms with E-state index in [1.165, 1.54) is 62.6 Å². The standard InChI is InChI=1S/C26H16S3/c1-3-7-19-15(5-1)11-17-13-23(28-25(17)19)21-9-10-22(27-21)24-14-18-12-16-6-2-4-8-20(16)26(18)29-24/h1-10,13-14H,11-12H2. The molecule has 138 valence electrons. The molecule has 0 bridgehead atoms. The molecule has 2 aromatic carbocycles. The highest BCUT2D eigenvalue weighted by Crippen LogP contribution is 2.50. The van der Waals surface area contributed by atoms with Gasteiger partial charge in [0.1, 0.15) is 0 Å². The monoisotopic (exact) mass is 424 g/mol. The molecule has 0 aliphatic heterocycles. The highest BCUT2D eigenvalue weighted by atomic mass is 32.1. The van der Waals surface area contributed by atoms with Gasteiger partial charge in [-0.15, -0.1) is 34.0 Å². The third-order valence-electron chi connectivity index (χ3n) is 6.00. The SMILES string of the molecule is c1ccc2c(c1)Cc1cc(-c3ccc(-c4cc5c(s4)-c4ccccc4C5)s3)sc1-2. The quantitative estimate of drug-likeness (QED) is 0.261. The van der Waals surface area contributed by atoms with Crippen molar-refractivity contribution in [1.82, 2.24) is 0 Å². The van der Waals surface area contributed by atoms with Crippen LogP contribution in [0.1, 0.15) is 22.3 Å². The summed E-state index contributed by atoms with van der Waals surface area (Å²) in [5.74, 6) is 0. The highest BCUT2D eigenvalue weighted by Gasteiger charge is 2.24. The van der Waals surface area contributed by atoms with Gasteiger partial charge in [0, 0.05) is 29.3 Å². The Morgan fingerprint density at radius 2 is 0.931 bits per heavy atom. The van der Waals surface area contributed by atoms with Crippen molar-refractivity contribution in [3.05, 3.63) is 95.1 Å². The fraction of sp³-hybridized carbons (Fsp3) is 0.0769. The average molecular weight is 425 g/mol. The smallest absolute Gasteiger partial charge is 0.0452 e. The summed E-state index contributed by atoms with van der Waals surface area (Å²) in [5.41, 5.74) is 8.80. The normalized spacial score (nSPS) is 13.2. The van der Waals surface area contributed by atoms with Gasteiger partial charge in [0.05, 0.1) is 0 Å². The van der Waals surface area contributed by atoms with Crippen molar-refractivity contribution in [3.63, 3.8) is 0 Å². The Labute approximate surface area is 181 Å². The van der Waals surface area contributed by atoms with Gasteiger partial charge in [-0.25, -0.2) is 0 Å². The Morgan fingerprint density at radius 3 is 1.45 bits per heavy atom. The topological polar surface area (TPSA) is 0 Å². The summed E-state index contributed by atoms with van der Waals surface area (Å²) in [5, 5.41) is 0. The molecule has 0 radical (unpaired) electrons. The number of hydrogen-bond donors (Lipinski definition) is 0. The van der Waals surface area contributed by atoms with Crippen LogP contribution in [0, 0.1) is 0 Å². The van der Waals surface area contributed by atoms with Crippen LogP contribution >= 0.6 is 34.0 Å². The molecule has 0 fully saturated rings. The van der Waals surface area contributed by atoms with Gasteiger partial charge in [-0.2, -0.15) is 0 Å². The summed E-state index contributed by atoms with van der Waals surface area (Å²) < 4.78 is 0. The first kappa shape index (κ1) is 16.3. The lowest BCUT2D eigenvalue weighted by Crippen LogP contribution is -1.78. The molecule has 2 aliphatic carbocycles. The molecule has 0 atom stereocenters. The van der Waals surface area contributed by atoms with Crippen LogP contribution in [0.15, 0.2) is 72.8 Å². The Bertz CT molecular complexity index is 1300. The van der Waals surface area contributed by atoms with Gasteiger partial charge < -0.3 is 0 Å². The Balaban J connectivity index is 1.25. The molecule has 5 aromatic rings. The van der Waals surface area contributed by atoms with Crippen LogP contribution in [0.2, 0.25) is 0 Å². The minimum Gasteiger partial charge on any atom is -0.134 e. The largest absolute Gasteiger partial charge is 0.134 e. The first-order chi connectivity index (χ1) is 14.3. The van der Waals surface area contributed by atoms with E-state index in [1.807, 2.05) is 34.0 Å². The number of thiophene rings is 3. The van der Waals surface area contributed by atoms with E-state index < -0.39 is 0 Å². The first-order valence-electron chi connectivity index (χ1n) is 9.86. The molecule has 0 nitrogen and oxygen atoms in total. The van der Waals surface area contributed by atoms with Crippen molar-refractivity contribution in [1.29, 1.82) is 0 Å². The van der Waals surface area contributed by atoms with Gasteiger partial charge >= 0.3 is 0 Å². The van der Waals surface area contributed by atoms with Gasteiger partial charge in [0.15, 0.2) is 0 Å². The van der Waals surface area contributed by atoms with Crippen molar-refractivity contribution in [2.75, 3.05) is 0 Å². The zero-order chi connectivity index (χ0) is 18.9. The lowest BCUT2D eigenvalue weighted by Gasteiger charge is -1.98. The van der Waals surface area contributed by atoms with Crippen LogP contribution in [-0.2, 0) is 12.8 Å². The second kappa shape index (κ2) is 6.02. The highest BCUT2D eigenvalue weighted by molar-refractivity contribution is 7.28. The summed E-state index contributed by atoms with van der Waals surface area (Å²) in [6.07, 6.45) is 2.16. The Kier molecular flexibility index (Phi) is 3.39. The molecule has 3 heteroatoms. The van der Waals surface area contributed by atoms with Crippen molar-refractivity contribution < 1.29 is 0 Å². The summed E-state index contributed by atoms with van der Waals surface area (Å²) in [6.45, 7) is 0. The van der Waals surface area contributed by atoms with Gasteiger partial charge in [0.25, 0.3) is 0 Å². The van der Waals surface area contributed by atoms with Crippen molar-refractivity contribution in [3.8, 4) is 40.4 Å². The second-order valence-electron chi connectivity index (χ2n) is 7.76. The lowest BCUT2D eigenvalue weighted by atomic mass is 10.1. The molecule has 0 unspecified atom stereocenters. The Morgan fingerprint density at radius 1 is 0.448 bits per heavy atom. The summed E-state index contributed by atoms with van der Waals surface area (Å²) >= 11 is 5.85. The predicted molar refractivity (Wildman–Crippen MR) is 127 cm³/mol. The van der Waals surface area contributed by atoms with E-state index in [2.05, 4.69) is 72.8 Å². The van der Waals surface area contributed by atoms with Gasteiger partial charge in [0.2, 0.25) is 0 Å². The maximum Gasteiger partial charge on any atom is 0.0452 e. The number of benzene rings is 2. The average Bonchev–Trinajstić information content (AvgIpc) is 3.51. The third kappa shape index (κ3) is 2.42. The van der Waals surface area contributed by atoms with E-state index in [-0.39, 0.29) is 0 Å². The minimum atomic E-state index is 1.08. The van der Waals surface area contributed by atoms with Gasteiger partial charge in [-0.1, -0.05) is 48.5 Å². The summed E-state index contributed by atoms with van der Waals surface area (Å²) in [6, 6.07) is 27.1. The molecule has 2 aliphatic rings. The molecule has 3 heterocycles. The molecule has 0 saturated carbocycles. The third-order valence-corrected chi connectivity index (χ3v) is 9.89. The van der Waals surface area contributed by atoms with Crippen molar-refractivity contribution >= 4 is 34.0 Å². The maximum absolute atomic E-state index is 2.42. The zero-order valence-electron chi connectivity index (χ0n) is 15.6. The van der Waals surface area contributed by atoms with E-state index in [9.17, 15) is 0 Å². The molecular weight excluding hydrogens is 408 g/mol. The van der Waals surface area contributed by atoms with E-state index in [4.69, 9.17) is 0 Å². The number of rotatable bonds is 2. The fourth-order valence-corrected chi connectivity index (χ4v) is 8.27. The van der Waals surface area contributed by atoms with Gasteiger partial charge in [-0.3, -0.25) is 0 Å². The van der Waals surface area contributed by atoms with E-state index in [1.54, 1.807) is 0 Å². The molecule has 0 spiro atoms. The summed E-state index contributed by atoms with van der Waals surface area (Å²) in [4.78, 5) is 8.55. The van der Waals surface area contributed by atoms with Crippen LogP contribution in [-0.4, -0.2) is 0 Å². The second-order valence-corrected chi connectivity index (χ2v) is 10.9. The minimum absolute atomic E-state index is 1.08. The molecular formula is C26H16S3. The van der Waals surface area contributed by atoms with Crippen LogP contribution in [0.4, 0.5) is 0 Å². The van der Waals surface area contributed by atoms with Gasteiger partial charge in [-0.05, 0) is 70.5 Å². The van der Waals surface area contributed by atoms with Crippen molar-refractivity contribution in [2.24, 2.45) is 0 Å². The maximum atomic E-state index is 2.42. The lowest BCUT2D eigenvalue weighted by molar-refractivity contribution is 1.27. The predicted octanol–water partition coefficient (Wildman–Crippen LogP) is 8.35. The Hall–Kier alpha value is -2.46. The van der Waals surface area contributed by atoms with E-state index >= 15 is 0 Å². The molecule has 3 aromatic heterocycles.